The van der Waals surface area contributed by atoms with Crippen molar-refractivity contribution in [2.75, 3.05) is 13.1 Å². The normalized spacial score (nSPS) is 15.9. The van der Waals surface area contributed by atoms with Gasteiger partial charge in [0.05, 0.1) is 16.4 Å². The monoisotopic (exact) mass is 405 g/mol. The van der Waals surface area contributed by atoms with Crippen molar-refractivity contribution in [2.24, 2.45) is 0 Å². The van der Waals surface area contributed by atoms with Gasteiger partial charge in [0.25, 0.3) is 5.91 Å². The van der Waals surface area contributed by atoms with Gasteiger partial charge in [-0.15, -0.1) is 0 Å². The maximum absolute atomic E-state index is 13.7. The van der Waals surface area contributed by atoms with Gasteiger partial charge >= 0.3 is 0 Å². The second kappa shape index (κ2) is 8.07. The molecule has 2 aromatic carbocycles. The first-order valence-electron chi connectivity index (χ1n) is 8.66. The fourth-order valence-electron chi connectivity index (χ4n) is 3.06. The molecule has 3 rings (SSSR count). The molecule has 0 spiro atoms. The van der Waals surface area contributed by atoms with Crippen LogP contribution in [-0.4, -0.2) is 43.7 Å². The Hall–Kier alpha value is -2.78. The van der Waals surface area contributed by atoms with Crippen LogP contribution >= 0.6 is 0 Å². The van der Waals surface area contributed by atoms with E-state index in [-0.39, 0.29) is 35.2 Å². The standard InChI is InChI=1S/C19H19FN2O5S/c20-17-4-2-1-3-16(17)18(23)21-14-9-11-22(12-10-14)28(26,27)15-7-5-13(6-8-15)19(24)25/h1-8,14H,9-12H2,(H,21,23)(H,24,25)/p-1. The third kappa shape index (κ3) is 4.20. The van der Waals surface area contributed by atoms with E-state index < -0.39 is 27.7 Å². The molecule has 1 heterocycles. The average molecular weight is 405 g/mol. The molecule has 0 aliphatic carbocycles. The summed E-state index contributed by atoms with van der Waals surface area (Å²) < 4.78 is 40.4. The Morgan fingerprint density at radius 2 is 1.64 bits per heavy atom. The predicted molar refractivity (Wildman–Crippen MR) is 96.4 cm³/mol. The number of carbonyl (C=O) groups excluding carboxylic acids is 2. The van der Waals surface area contributed by atoms with Crippen molar-refractivity contribution in [2.45, 2.75) is 23.8 Å². The molecule has 0 saturated carbocycles. The molecule has 1 aliphatic rings. The summed E-state index contributed by atoms with van der Waals surface area (Å²) in [6.45, 7) is 0.375. The van der Waals surface area contributed by atoms with Gasteiger partial charge in [0, 0.05) is 19.1 Å². The summed E-state index contributed by atoms with van der Waals surface area (Å²) in [5.74, 6) is -2.52. The molecule has 0 aromatic heterocycles. The van der Waals surface area contributed by atoms with Crippen molar-refractivity contribution in [3.8, 4) is 0 Å². The Morgan fingerprint density at radius 1 is 1.04 bits per heavy atom. The Morgan fingerprint density at radius 3 is 2.21 bits per heavy atom. The highest BCUT2D eigenvalue weighted by atomic mass is 32.2. The van der Waals surface area contributed by atoms with Crippen LogP contribution in [0.5, 0.6) is 0 Å². The minimum Gasteiger partial charge on any atom is -0.545 e. The summed E-state index contributed by atoms with van der Waals surface area (Å²) in [5, 5.41) is 13.5. The highest BCUT2D eigenvalue weighted by Crippen LogP contribution is 2.21. The number of halogens is 1. The second-order valence-electron chi connectivity index (χ2n) is 6.44. The SMILES string of the molecule is O=C([O-])c1ccc(S(=O)(=O)N2CCC(NC(=O)c3ccccc3F)CC2)cc1. The van der Waals surface area contributed by atoms with E-state index in [2.05, 4.69) is 5.32 Å². The van der Waals surface area contributed by atoms with Crippen LogP contribution in [0.15, 0.2) is 53.4 Å². The molecule has 7 nitrogen and oxygen atoms in total. The summed E-state index contributed by atoms with van der Waals surface area (Å²) in [6, 6.07) is 10.2. The Bertz CT molecular complexity index is 984. The zero-order valence-electron chi connectivity index (χ0n) is 14.8. The summed E-state index contributed by atoms with van der Waals surface area (Å²) >= 11 is 0. The van der Waals surface area contributed by atoms with Crippen LogP contribution in [0.3, 0.4) is 0 Å². The van der Waals surface area contributed by atoms with Crippen molar-refractivity contribution >= 4 is 21.9 Å². The maximum atomic E-state index is 13.7. The molecule has 1 aliphatic heterocycles. The number of amides is 1. The van der Waals surface area contributed by atoms with Gasteiger partial charge in [-0.2, -0.15) is 4.31 Å². The van der Waals surface area contributed by atoms with Gasteiger partial charge in [0.2, 0.25) is 10.0 Å². The van der Waals surface area contributed by atoms with Crippen molar-refractivity contribution in [3.63, 3.8) is 0 Å². The average Bonchev–Trinajstić information content (AvgIpc) is 2.68. The number of sulfonamides is 1. The maximum Gasteiger partial charge on any atom is 0.254 e. The van der Waals surface area contributed by atoms with Crippen molar-refractivity contribution < 1.29 is 27.5 Å². The topological polar surface area (TPSA) is 107 Å². The fourth-order valence-corrected chi connectivity index (χ4v) is 4.53. The minimum absolute atomic E-state index is 0.00802. The van der Waals surface area contributed by atoms with Crippen LogP contribution < -0.4 is 10.4 Å². The Kier molecular flexibility index (Phi) is 5.76. The molecule has 0 radical (unpaired) electrons. The van der Waals surface area contributed by atoms with Gasteiger partial charge < -0.3 is 15.2 Å². The van der Waals surface area contributed by atoms with E-state index >= 15 is 0 Å². The quantitative estimate of drug-likeness (QED) is 0.791. The third-order valence-electron chi connectivity index (χ3n) is 4.64. The Balaban J connectivity index is 1.62. The van der Waals surface area contributed by atoms with Crippen molar-refractivity contribution in [3.05, 3.63) is 65.5 Å². The van der Waals surface area contributed by atoms with Gasteiger partial charge in [-0.25, -0.2) is 12.8 Å². The van der Waals surface area contributed by atoms with E-state index in [1.165, 1.54) is 46.8 Å². The van der Waals surface area contributed by atoms with E-state index in [1.807, 2.05) is 0 Å². The molecule has 1 saturated heterocycles. The number of piperidine rings is 1. The number of carboxylic acid groups (broad SMARTS) is 1. The Labute approximate surface area is 161 Å². The zero-order valence-corrected chi connectivity index (χ0v) is 15.6. The third-order valence-corrected chi connectivity index (χ3v) is 6.55. The van der Waals surface area contributed by atoms with Gasteiger partial charge in [-0.05, 0) is 42.7 Å². The van der Waals surface area contributed by atoms with Gasteiger partial charge in [0.15, 0.2) is 0 Å². The second-order valence-corrected chi connectivity index (χ2v) is 8.38. The first-order chi connectivity index (χ1) is 13.3. The summed E-state index contributed by atoms with van der Waals surface area (Å²) in [6.07, 6.45) is 0.771. The first kappa shape index (κ1) is 20.0. The fraction of sp³-hybridized carbons (Fsp3) is 0.263. The molecule has 1 N–H and O–H groups in total. The largest absolute Gasteiger partial charge is 0.545 e. The zero-order chi connectivity index (χ0) is 20.3. The smallest absolute Gasteiger partial charge is 0.254 e. The number of benzene rings is 2. The molecule has 1 fully saturated rings. The summed E-state index contributed by atoms with van der Waals surface area (Å²) in [5.41, 5.74) is -0.154. The number of carbonyl (C=O) groups is 2. The van der Waals surface area contributed by atoms with Crippen LogP contribution in [0.1, 0.15) is 33.6 Å². The van der Waals surface area contributed by atoms with Crippen LogP contribution in [0.25, 0.3) is 0 Å². The summed E-state index contributed by atoms with van der Waals surface area (Å²) in [4.78, 5) is 23.0. The molecule has 1 amide bonds. The lowest BCUT2D eigenvalue weighted by molar-refractivity contribution is -0.255. The molecular formula is C19H18FN2O5S-. The van der Waals surface area contributed by atoms with Gasteiger partial charge in [0.1, 0.15) is 5.82 Å². The molecule has 0 bridgehead atoms. The van der Waals surface area contributed by atoms with E-state index in [9.17, 15) is 27.5 Å². The van der Waals surface area contributed by atoms with Gasteiger partial charge in [-0.3, -0.25) is 4.79 Å². The lowest BCUT2D eigenvalue weighted by Crippen LogP contribution is -2.46. The highest BCUT2D eigenvalue weighted by molar-refractivity contribution is 7.89. The van der Waals surface area contributed by atoms with E-state index in [1.54, 1.807) is 6.07 Å². The number of nitrogens with one attached hydrogen (secondary N) is 1. The number of carboxylic acids is 1. The molecule has 9 heteroatoms. The molecule has 2 aromatic rings. The molecule has 148 valence electrons. The van der Waals surface area contributed by atoms with Crippen molar-refractivity contribution in [1.82, 2.24) is 9.62 Å². The van der Waals surface area contributed by atoms with Crippen LogP contribution in [0, 0.1) is 5.82 Å². The minimum atomic E-state index is -3.77. The number of hydrogen-bond donors (Lipinski definition) is 1. The number of aromatic carboxylic acids is 1. The van der Waals surface area contributed by atoms with Crippen LogP contribution in [0.4, 0.5) is 4.39 Å². The number of rotatable bonds is 5. The van der Waals surface area contributed by atoms with Crippen LogP contribution in [0.2, 0.25) is 0 Å². The number of nitrogens with zero attached hydrogens (tertiary/aromatic N) is 1. The first-order valence-corrected chi connectivity index (χ1v) is 10.1. The molecular weight excluding hydrogens is 387 g/mol. The van der Waals surface area contributed by atoms with Crippen LogP contribution in [-0.2, 0) is 10.0 Å². The lowest BCUT2D eigenvalue weighted by atomic mass is 10.1. The number of hydrogen-bond acceptors (Lipinski definition) is 5. The van der Waals surface area contributed by atoms with Gasteiger partial charge in [-0.1, -0.05) is 24.3 Å². The summed E-state index contributed by atoms with van der Waals surface area (Å²) in [7, 11) is -3.77. The lowest BCUT2D eigenvalue weighted by Gasteiger charge is -2.31. The van der Waals surface area contributed by atoms with Crippen molar-refractivity contribution in [1.29, 1.82) is 0 Å². The highest BCUT2D eigenvalue weighted by Gasteiger charge is 2.30. The van der Waals surface area contributed by atoms with E-state index in [4.69, 9.17) is 0 Å². The molecule has 0 atom stereocenters. The molecule has 0 unspecified atom stereocenters. The van der Waals surface area contributed by atoms with E-state index in [0.717, 1.165) is 0 Å². The van der Waals surface area contributed by atoms with E-state index in [0.29, 0.717) is 12.8 Å². The molecule has 28 heavy (non-hydrogen) atoms. The predicted octanol–water partition coefficient (Wildman–Crippen LogP) is 0.772.